The Morgan fingerprint density at radius 2 is 0.750 bits per heavy atom. The molecule has 0 radical (unpaired) electrons. The lowest BCUT2D eigenvalue weighted by atomic mass is 9.98. The molecule has 1 atom stereocenters. The molecule has 0 bridgehead atoms. The smallest absolute Gasteiger partial charge is 0.343 e. The van der Waals surface area contributed by atoms with Crippen LogP contribution in [0, 0.1) is 11.8 Å². The minimum atomic E-state index is -0.690. The minimum Gasteiger partial charge on any atom is -0.494 e. The average molecular weight is 927 g/mol. The first-order valence-corrected chi connectivity index (χ1v) is 24.7. The fraction of sp³-hybridized carbons (Fsp3) is 0.414. The van der Waals surface area contributed by atoms with Crippen molar-refractivity contribution in [3.8, 4) is 34.5 Å². The normalized spacial score (nSPS) is 11.4. The van der Waals surface area contributed by atoms with E-state index in [0.717, 1.165) is 25.2 Å². The molecule has 0 saturated carbocycles. The van der Waals surface area contributed by atoms with Crippen LogP contribution in [0.4, 0.5) is 0 Å². The van der Waals surface area contributed by atoms with Gasteiger partial charge in [0.25, 0.3) is 0 Å². The third-order valence-corrected chi connectivity index (χ3v) is 11.6. The van der Waals surface area contributed by atoms with Gasteiger partial charge in [-0.25, -0.2) is 19.2 Å². The summed E-state index contributed by atoms with van der Waals surface area (Å²) in [4.78, 5) is 51.7. The van der Waals surface area contributed by atoms with Gasteiger partial charge >= 0.3 is 23.9 Å². The molecule has 362 valence electrons. The largest absolute Gasteiger partial charge is 0.494 e. The average Bonchev–Trinajstić information content (AvgIpc) is 3.34. The van der Waals surface area contributed by atoms with E-state index >= 15 is 0 Å². The maximum absolute atomic E-state index is 13.0. The van der Waals surface area contributed by atoms with Gasteiger partial charge in [0.1, 0.15) is 34.5 Å². The fourth-order valence-corrected chi connectivity index (χ4v) is 7.49. The molecule has 5 aromatic rings. The highest BCUT2D eigenvalue weighted by molar-refractivity contribution is 5.95. The summed E-state index contributed by atoms with van der Waals surface area (Å²) >= 11 is 0. The maximum atomic E-state index is 13.0. The quantitative estimate of drug-likeness (QED) is 0.0250. The van der Waals surface area contributed by atoms with Gasteiger partial charge in [-0.05, 0) is 140 Å². The Morgan fingerprint density at radius 3 is 1.22 bits per heavy atom. The molecule has 5 aromatic carbocycles. The van der Waals surface area contributed by atoms with Gasteiger partial charge in [0.2, 0.25) is 0 Å². The number of hydrogen-bond acceptors (Lipinski definition) is 10. The van der Waals surface area contributed by atoms with Crippen molar-refractivity contribution in [1.29, 1.82) is 0 Å². The number of esters is 4. The molecule has 10 nitrogen and oxygen atoms in total. The number of carbonyl (C=O) groups excluding carboxylic acids is 4. The summed E-state index contributed by atoms with van der Waals surface area (Å²) in [6.45, 7) is 10.3. The van der Waals surface area contributed by atoms with E-state index in [-0.39, 0.29) is 33.9 Å². The molecule has 0 spiro atoms. The lowest BCUT2D eigenvalue weighted by Crippen LogP contribution is -2.12. The lowest BCUT2D eigenvalue weighted by Gasteiger charge is -2.13. The molecule has 10 heteroatoms. The molecule has 0 aliphatic carbocycles. The van der Waals surface area contributed by atoms with Gasteiger partial charge in [0.05, 0.1) is 35.5 Å². The second kappa shape index (κ2) is 29.4. The first kappa shape index (κ1) is 52.5. The van der Waals surface area contributed by atoms with E-state index in [9.17, 15) is 19.2 Å². The van der Waals surface area contributed by atoms with Crippen LogP contribution in [-0.4, -0.2) is 37.1 Å². The summed E-state index contributed by atoms with van der Waals surface area (Å²) in [6, 6.07) is 31.8. The van der Waals surface area contributed by atoms with Gasteiger partial charge in [-0.3, -0.25) is 0 Å². The van der Waals surface area contributed by atoms with Crippen molar-refractivity contribution in [1.82, 2.24) is 0 Å². The van der Waals surface area contributed by atoms with Crippen LogP contribution in [0.25, 0.3) is 0 Å². The van der Waals surface area contributed by atoms with Crippen molar-refractivity contribution in [2.24, 2.45) is 11.8 Å². The van der Waals surface area contributed by atoms with Crippen molar-refractivity contribution in [2.75, 3.05) is 13.2 Å². The zero-order valence-electron chi connectivity index (χ0n) is 40.5. The predicted octanol–water partition coefficient (Wildman–Crippen LogP) is 14.9. The summed E-state index contributed by atoms with van der Waals surface area (Å²) in [7, 11) is 0. The second-order valence-corrected chi connectivity index (χ2v) is 17.9. The fourth-order valence-electron chi connectivity index (χ4n) is 7.49. The summed E-state index contributed by atoms with van der Waals surface area (Å²) in [5.41, 5.74) is 0.991. The molecular formula is C58H70O10. The van der Waals surface area contributed by atoms with Crippen molar-refractivity contribution < 1.29 is 47.6 Å². The van der Waals surface area contributed by atoms with E-state index in [0.29, 0.717) is 41.9 Å². The summed E-state index contributed by atoms with van der Waals surface area (Å²) in [5.74, 6) is 1.24. The van der Waals surface area contributed by atoms with Crippen LogP contribution in [-0.2, 0) is 0 Å². The van der Waals surface area contributed by atoms with Gasteiger partial charge in [0, 0.05) is 0 Å². The topological polar surface area (TPSA) is 124 Å². The molecule has 0 unspecified atom stereocenters. The summed E-state index contributed by atoms with van der Waals surface area (Å²) < 4.78 is 33.9. The van der Waals surface area contributed by atoms with Gasteiger partial charge in [0.15, 0.2) is 0 Å². The molecule has 0 saturated heterocycles. The van der Waals surface area contributed by atoms with Crippen molar-refractivity contribution in [2.45, 2.75) is 130 Å². The standard InChI is InChI=1S/C58H70O10/c1-5-6-7-8-9-10-11-12-13-14-15-16-40-63-49-29-23-45(24-30-49)55(59)65-51-31-27-47(28-32-51)57(61)68-54-22-18-21-48(42-54)58(62)67-52-33-25-46(26-34-52)56(60)66-53-37-35-50(36-38-53)64-41-39-44(4)20-17-19-43(2)3/h18,21-38,42-44H,5-17,19-20,39-41H2,1-4H3/t44-/m0/s1. The van der Waals surface area contributed by atoms with Crippen molar-refractivity contribution in [3.05, 3.63) is 144 Å². The second-order valence-electron chi connectivity index (χ2n) is 17.9. The van der Waals surface area contributed by atoms with E-state index in [1.807, 2.05) is 0 Å². The van der Waals surface area contributed by atoms with Crippen molar-refractivity contribution in [3.63, 3.8) is 0 Å². The molecule has 0 amide bonds. The first-order chi connectivity index (χ1) is 33.1. The van der Waals surface area contributed by atoms with E-state index in [2.05, 4.69) is 27.7 Å². The SMILES string of the molecule is CCCCCCCCCCCCCCOc1ccc(C(=O)Oc2ccc(C(=O)Oc3cccc(C(=O)Oc4ccc(C(=O)Oc5ccc(OCC[C@@H](C)CCCC(C)C)cc5)cc4)c3)cc2)cc1. The number of carbonyl (C=O) groups is 4. The Bertz CT molecular complexity index is 2260. The molecular weight excluding hydrogens is 857 g/mol. The Kier molecular flexibility index (Phi) is 22.7. The third kappa shape index (κ3) is 19.4. The molecule has 0 N–H and O–H groups in total. The molecule has 68 heavy (non-hydrogen) atoms. The molecule has 0 heterocycles. The first-order valence-electron chi connectivity index (χ1n) is 24.7. The predicted molar refractivity (Wildman–Crippen MR) is 267 cm³/mol. The van der Waals surface area contributed by atoms with Crippen LogP contribution in [0.1, 0.15) is 172 Å². The van der Waals surface area contributed by atoms with E-state index in [1.54, 1.807) is 60.7 Å². The van der Waals surface area contributed by atoms with Crippen LogP contribution >= 0.6 is 0 Å². The molecule has 0 aliphatic heterocycles. The van der Waals surface area contributed by atoms with Crippen LogP contribution in [0.15, 0.2) is 121 Å². The van der Waals surface area contributed by atoms with Gasteiger partial charge < -0.3 is 28.4 Å². The van der Waals surface area contributed by atoms with E-state index < -0.39 is 23.9 Å². The Hall–Kier alpha value is -6.42. The van der Waals surface area contributed by atoms with Crippen LogP contribution in [0.2, 0.25) is 0 Å². The molecule has 0 aliphatic rings. The Balaban J connectivity index is 0.983. The number of unbranched alkanes of at least 4 members (excludes halogenated alkanes) is 11. The number of rotatable bonds is 30. The van der Waals surface area contributed by atoms with Gasteiger partial charge in [-0.1, -0.05) is 124 Å². The number of benzene rings is 5. The van der Waals surface area contributed by atoms with Crippen LogP contribution in [0.3, 0.4) is 0 Å². The molecule has 0 fully saturated rings. The summed E-state index contributed by atoms with van der Waals surface area (Å²) in [6.07, 6.45) is 20.1. The lowest BCUT2D eigenvalue weighted by molar-refractivity contribution is 0.0712. The highest BCUT2D eigenvalue weighted by Crippen LogP contribution is 2.24. The van der Waals surface area contributed by atoms with Crippen LogP contribution < -0.4 is 28.4 Å². The maximum Gasteiger partial charge on any atom is 0.343 e. The highest BCUT2D eigenvalue weighted by Gasteiger charge is 2.16. The zero-order chi connectivity index (χ0) is 48.4. The van der Waals surface area contributed by atoms with Gasteiger partial charge in [-0.15, -0.1) is 0 Å². The summed E-state index contributed by atoms with van der Waals surface area (Å²) in [5, 5.41) is 0. The van der Waals surface area contributed by atoms with E-state index in [1.165, 1.54) is 144 Å². The van der Waals surface area contributed by atoms with Crippen LogP contribution in [0.5, 0.6) is 34.5 Å². The molecule has 0 aromatic heterocycles. The Morgan fingerprint density at radius 1 is 0.368 bits per heavy atom. The van der Waals surface area contributed by atoms with E-state index in [4.69, 9.17) is 28.4 Å². The third-order valence-electron chi connectivity index (χ3n) is 11.6. The van der Waals surface area contributed by atoms with Crippen molar-refractivity contribution >= 4 is 23.9 Å². The number of hydrogen-bond donors (Lipinski definition) is 0. The Labute approximate surface area is 403 Å². The van der Waals surface area contributed by atoms with Gasteiger partial charge in [-0.2, -0.15) is 0 Å². The molecule has 5 rings (SSSR count). The zero-order valence-corrected chi connectivity index (χ0v) is 40.5. The number of ether oxygens (including phenoxy) is 6. The monoisotopic (exact) mass is 926 g/mol. The highest BCUT2D eigenvalue weighted by atomic mass is 16.5. The minimum absolute atomic E-state index is 0.126.